The molecule has 2 atom stereocenters. The lowest BCUT2D eigenvalue weighted by Gasteiger charge is -2.36. The maximum absolute atomic E-state index is 14.8. The number of nitrogens with one attached hydrogen (secondary N) is 1. The molecule has 168 valence electrons. The second-order valence-corrected chi connectivity index (χ2v) is 9.86. The molecule has 0 saturated carbocycles. The van der Waals surface area contributed by atoms with Crippen molar-refractivity contribution >= 4 is 15.7 Å². The van der Waals surface area contributed by atoms with Crippen molar-refractivity contribution in [2.75, 3.05) is 17.8 Å². The van der Waals surface area contributed by atoms with E-state index in [1.807, 2.05) is 30.3 Å². The summed E-state index contributed by atoms with van der Waals surface area (Å²) in [6.07, 6.45) is -4.78. The van der Waals surface area contributed by atoms with E-state index in [0.29, 0.717) is 0 Å². The number of anilines is 1. The molecule has 1 heterocycles. The molecular formula is C24H23F3N2O2S. The summed E-state index contributed by atoms with van der Waals surface area (Å²) in [5, 5.41) is -1.72. The van der Waals surface area contributed by atoms with Gasteiger partial charge in [0.25, 0.3) is 0 Å². The smallest absolute Gasteiger partial charge is 0.296 e. The van der Waals surface area contributed by atoms with Gasteiger partial charge in [-0.2, -0.15) is 13.2 Å². The van der Waals surface area contributed by atoms with Crippen LogP contribution >= 0.6 is 0 Å². The van der Waals surface area contributed by atoms with Crippen LogP contribution in [0.2, 0.25) is 0 Å². The lowest BCUT2D eigenvalue weighted by atomic mass is 9.78. The van der Waals surface area contributed by atoms with E-state index in [-0.39, 0.29) is 24.3 Å². The van der Waals surface area contributed by atoms with Gasteiger partial charge in [0.15, 0.2) is 0 Å². The van der Waals surface area contributed by atoms with Crippen LogP contribution in [0.25, 0.3) is 0 Å². The maximum atomic E-state index is 14.8. The molecule has 1 saturated heterocycles. The zero-order chi connectivity index (χ0) is 22.8. The van der Waals surface area contributed by atoms with Gasteiger partial charge >= 0.3 is 6.18 Å². The number of hydrogen-bond donors (Lipinski definition) is 1. The van der Waals surface area contributed by atoms with Gasteiger partial charge in [-0.05, 0) is 23.3 Å². The quantitative estimate of drug-likeness (QED) is 0.574. The predicted molar refractivity (Wildman–Crippen MR) is 119 cm³/mol. The van der Waals surface area contributed by atoms with E-state index < -0.39 is 33.4 Å². The second-order valence-electron chi connectivity index (χ2n) is 7.99. The summed E-state index contributed by atoms with van der Waals surface area (Å²) >= 11 is 0. The second kappa shape index (κ2) is 8.60. The van der Waals surface area contributed by atoms with E-state index in [1.165, 1.54) is 36.4 Å². The monoisotopic (exact) mass is 460 g/mol. The Morgan fingerprint density at radius 2 is 1.41 bits per heavy atom. The van der Waals surface area contributed by atoms with Crippen LogP contribution in [0.3, 0.4) is 0 Å². The van der Waals surface area contributed by atoms with Crippen molar-refractivity contribution in [2.45, 2.75) is 23.4 Å². The number of sulfonamides is 1. The summed E-state index contributed by atoms with van der Waals surface area (Å²) in [5.41, 5.74) is -1.56. The third-order valence-electron chi connectivity index (χ3n) is 5.90. The van der Waals surface area contributed by atoms with Crippen LogP contribution in [0.4, 0.5) is 18.9 Å². The number of rotatable bonds is 6. The highest BCUT2D eigenvalue weighted by atomic mass is 32.2. The van der Waals surface area contributed by atoms with Gasteiger partial charge in [-0.25, -0.2) is 8.42 Å². The SMILES string of the molecule is O=S(=O)(Nc1ccccc1)C1CN(Cc2ccccc2)CC1(c1ccccc1)C(F)(F)F. The Hall–Kier alpha value is -2.84. The minimum atomic E-state index is -4.78. The Morgan fingerprint density at radius 1 is 0.875 bits per heavy atom. The van der Waals surface area contributed by atoms with Crippen molar-refractivity contribution in [3.63, 3.8) is 0 Å². The highest BCUT2D eigenvalue weighted by Crippen LogP contribution is 2.50. The Labute approximate surface area is 185 Å². The first kappa shape index (κ1) is 22.4. The normalized spacial score (nSPS) is 22.0. The molecule has 1 aliphatic heterocycles. The predicted octanol–water partition coefficient (Wildman–Crippen LogP) is 4.81. The molecule has 1 fully saturated rings. The molecule has 2 unspecified atom stereocenters. The van der Waals surface area contributed by atoms with Gasteiger partial charge in [0.2, 0.25) is 10.0 Å². The van der Waals surface area contributed by atoms with Crippen molar-refractivity contribution in [2.24, 2.45) is 0 Å². The Morgan fingerprint density at radius 3 is 1.97 bits per heavy atom. The van der Waals surface area contributed by atoms with Crippen LogP contribution in [0.15, 0.2) is 91.0 Å². The molecule has 0 radical (unpaired) electrons. The lowest BCUT2D eigenvalue weighted by molar-refractivity contribution is -0.186. The van der Waals surface area contributed by atoms with Gasteiger partial charge in [0, 0.05) is 25.3 Å². The van der Waals surface area contributed by atoms with Gasteiger partial charge < -0.3 is 0 Å². The van der Waals surface area contributed by atoms with Crippen molar-refractivity contribution in [3.8, 4) is 0 Å². The fourth-order valence-corrected chi connectivity index (χ4v) is 6.31. The summed E-state index contributed by atoms with van der Waals surface area (Å²) in [5.74, 6) is 0. The molecule has 4 nitrogen and oxygen atoms in total. The Bertz CT molecular complexity index is 1140. The number of hydrogen-bond acceptors (Lipinski definition) is 3. The summed E-state index contributed by atoms with van der Waals surface area (Å²) in [6, 6.07) is 24.5. The first-order valence-corrected chi connectivity index (χ1v) is 11.7. The minimum Gasteiger partial charge on any atom is -0.296 e. The highest BCUT2D eigenvalue weighted by molar-refractivity contribution is 7.93. The molecule has 0 amide bonds. The van der Waals surface area contributed by atoms with E-state index in [0.717, 1.165) is 5.56 Å². The van der Waals surface area contributed by atoms with Crippen LogP contribution in [0.5, 0.6) is 0 Å². The van der Waals surface area contributed by atoms with E-state index in [2.05, 4.69) is 4.72 Å². The minimum absolute atomic E-state index is 0.0495. The van der Waals surface area contributed by atoms with Gasteiger partial charge in [0.1, 0.15) is 10.7 Å². The van der Waals surface area contributed by atoms with E-state index in [1.54, 1.807) is 29.2 Å². The molecule has 0 aromatic heterocycles. The molecule has 0 bridgehead atoms. The maximum Gasteiger partial charge on any atom is 0.401 e. The van der Waals surface area contributed by atoms with Crippen LogP contribution < -0.4 is 4.72 Å². The highest BCUT2D eigenvalue weighted by Gasteiger charge is 2.67. The first-order valence-electron chi connectivity index (χ1n) is 10.2. The standard InChI is InChI=1S/C24H23F3N2O2S/c25-24(26,27)23(20-12-6-2-7-13-20)18-29(16-19-10-4-1-5-11-19)17-22(23)32(30,31)28-21-14-8-3-9-15-21/h1-15,22,28H,16-18H2. The summed E-state index contributed by atoms with van der Waals surface area (Å²) in [6.45, 7) is -0.468. The zero-order valence-corrected chi connectivity index (χ0v) is 18.0. The zero-order valence-electron chi connectivity index (χ0n) is 17.2. The third kappa shape index (κ3) is 4.25. The molecular weight excluding hydrogens is 437 g/mol. The topological polar surface area (TPSA) is 49.4 Å². The lowest BCUT2D eigenvalue weighted by Crippen LogP contribution is -2.55. The molecule has 0 spiro atoms. The number of alkyl halides is 3. The number of likely N-dealkylation sites (tertiary alicyclic amines) is 1. The van der Waals surface area contributed by atoms with E-state index >= 15 is 0 Å². The molecule has 3 aromatic rings. The fourth-order valence-electron chi connectivity index (χ4n) is 4.42. The summed E-state index contributed by atoms with van der Waals surface area (Å²) in [4.78, 5) is 1.57. The van der Waals surface area contributed by atoms with Crippen molar-refractivity contribution in [1.82, 2.24) is 4.90 Å². The number of benzene rings is 3. The number of para-hydroxylation sites is 1. The molecule has 1 N–H and O–H groups in total. The molecule has 8 heteroatoms. The molecule has 1 aliphatic rings. The first-order chi connectivity index (χ1) is 15.2. The largest absolute Gasteiger partial charge is 0.401 e. The van der Waals surface area contributed by atoms with Crippen LogP contribution in [0.1, 0.15) is 11.1 Å². The third-order valence-corrected chi connectivity index (χ3v) is 7.72. The molecule has 3 aromatic carbocycles. The molecule has 4 rings (SSSR count). The Balaban J connectivity index is 1.79. The molecule has 0 aliphatic carbocycles. The van der Waals surface area contributed by atoms with Gasteiger partial charge in [0.05, 0.1) is 0 Å². The summed E-state index contributed by atoms with van der Waals surface area (Å²) in [7, 11) is -4.39. The average molecular weight is 461 g/mol. The van der Waals surface area contributed by atoms with Gasteiger partial charge in [-0.3, -0.25) is 9.62 Å². The van der Waals surface area contributed by atoms with Crippen LogP contribution in [-0.2, 0) is 22.0 Å². The van der Waals surface area contributed by atoms with E-state index in [4.69, 9.17) is 0 Å². The van der Waals surface area contributed by atoms with Gasteiger partial charge in [-0.15, -0.1) is 0 Å². The van der Waals surface area contributed by atoms with Crippen molar-refractivity contribution in [1.29, 1.82) is 0 Å². The van der Waals surface area contributed by atoms with Crippen molar-refractivity contribution in [3.05, 3.63) is 102 Å². The Kier molecular flexibility index (Phi) is 6.01. The van der Waals surface area contributed by atoms with Crippen LogP contribution in [-0.4, -0.2) is 37.8 Å². The fraction of sp³-hybridized carbons (Fsp3) is 0.250. The number of nitrogens with zero attached hydrogens (tertiary/aromatic N) is 1. The molecule has 32 heavy (non-hydrogen) atoms. The van der Waals surface area contributed by atoms with Gasteiger partial charge in [-0.1, -0.05) is 78.9 Å². The van der Waals surface area contributed by atoms with E-state index in [9.17, 15) is 21.6 Å². The summed E-state index contributed by atoms with van der Waals surface area (Å²) < 4.78 is 73.6. The van der Waals surface area contributed by atoms with Crippen molar-refractivity contribution < 1.29 is 21.6 Å². The number of halogens is 3. The van der Waals surface area contributed by atoms with Crippen LogP contribution in [0, 0.1) is 0 Å². The average Bonchev–Trinajstić information content (AvgIpc) is 3.17.